The number of carbonyl (C=O) groups excluding carboxylic acids is 2. The number of nitrogens with one attached hydrogen (secondary N) is 1. The molecular weight excluding hydrogens is 335 g/mol. The average molecular weight is 364 g/mol. The van der Waals surface area contributed by atoms with Crippen LogP contribution in [0.2, 0.25) is 0 Å². The highest BCUT2D eigenvalue weighted by Gasteiger charge is 2.40. The molecule has 144 valence electrons. The molecule has 1 aromatic carbocycles. The van der Waals surface area contributed by atoms with Crippen molar-refractivity contribution < 1.29 is 18.7 Å². The number of likely N-dealkylation sites (tertiary alicyclic amines) is 1. The first-order valence-corrected chi connectivity index (χ1v) is 9.25. The summed E-state index contributed by atoms with van der Waals surface area (Å²) in [6, 6.07) is 5.67. The van der Waals surface area contributed by atoms with Gasteiger partial charge in [-0.1, -0.05) is 26.0 Å². The number of piperidine rings is 1. The van der Waals surface area contributed by atoms with Crippen LogP contribution in [0.3, 0.4) is 0 Å². The number of halogens is 1. The summed E-state index contributed by atoms with van der Waals surface area (Å²) in [6.45, 7) is 5.64. The van der Waals surface area contributed by atoms with Crippen molar-refractivity contribution in [2.45, 2.75) is 39.2 Å². The third kappa shape index (κ3) is 5.27. The van der Waals surface area contributed by atoms with Gasteiger partial charge in [-0.05, 0) is 36.5 Å². The van der Waals surface area contributed by atoms with Gasteiger partial charge in [0.25, 0.3) is 0 Å². The monoisotopic (exact) mass is 364 g/mol. The first-order valence-electron chi connectivity index (χ1n) is 9.25. The van der Waals surface area contributed by atoms with Crippen molar-refractivity contribution in [2.24, 2.45) is 11.8 Å². The van der Waals surface area contributed by atoms with Crippen molar-refractivity contribution in [1.82, 2.24) is 10.2 Å². The van der Waals surface area contributed by atoms with E-state index in [0.717, 1.165) is 12.0 Å². The molecule has 6 heteroatoms. The van der Waals surface area contributed by atoms with Crippen LogP contribution in [0.5, 0.6) is 0 Å². The van der Waals surface area contributed by atoms with Gasteiger partial charge in [-0.2, -0.15) is 0 Å². The van der Waals surface area contributed by atoms with Crippen molar-refractivity contribution in [3.05, 3.63) is 35.6 Å². The van der Waals surface area contributed by atoms with Crippen molar-refractivity contribution in [3.63, 3.8) is 0 Å². The third-order valence-corrected chi connectivity index (χ3v) is 4.81. The molecule has 2 rings (SSSR count). The van der Waals surface area contributed by atoms with Gasteiger partial charge in [-0.25, -0.2) is 4.39 Å². The van der Waals surface area contributed by atoms with Gasteiger partial charge in [-0.15, -0.1) is 0 Å². The molecule has 2 atom stereocenters. The van der Waals surface area contributed by atoms with E-state index in [0.29, 0.717) is 38.5 Å². The molecule has 1 heterocycles. The van der Waals surface area contributed by atoms with Gasteiger partial charge >= 0.3 is 0 Å². The molecule has 0 spiro atoms. The predicted octanol–water partition coefficient (Wildman–Crippen LogP) is 2.91. The zero-order valence-corrected chi connectivity index (χ0v) is 15.8. The summed E-state index contributed by atoms with van der Waals surface area (Å²) < 4.78 is 18.5. The molecule has 0 aliphatic carbocycles. The van der Waals surface area contributed by atoms with E-state index < -0.39 is 6.04 Å². The summed E-state index contributed by atoms with van der Waals surface area (Å²) in [5, 5.41) is 3.00. The second-order valence-corrected chi connectivity index (χ2v) is 7.20. The van der Waals surface area contributed by atoms with Crippen LogP contribution >= 0.6 is 0 Å². The maximum Gasteiger partial charge on any atom is 0.225 e. The van der Waals surface area contributed by atoms with Crippen molar-refractivity contribution in [2.75, 3.05) is 26.8 Å². The minimum Gasteiger partial charge on any atom is -0.383 e. The zero-order chi connectivity index (χ0) is 19.1. The third-order valence-electron chi connectivity index (χ3n) is 4.81. The van der Waals surface area contributed by atoms with Crippen LogP contribution in [-0.2, 0) is 14.3 Å². The lowest BCUT2D eigenvalue weighted by molar-refractivity contribution is -0.144. The molecule has 1 N–H and O–H groups in total. The summed E-state index contributed by atoms with van der Waals surface area (Å²) in [7, 11) is 1.58. The second kappa shape index (κ2) is 9.67. The van der Waals surface area contributed by atoms with Crippen molar-refractivity contribution in [3.8, 4) is 0 Å². The zero-order valence-electron chi connectivity index (χ0n) is 15.8. The number of ether oxygens (including phenoxy) is 1. The van der Waals surface area contributed by atoms with Crippen LogP contribution in [-0.4, -0.2) is 43.5 Å². The Balaban J connectivity index is 2.23. The number of hydrogen-bond acceptors (Lipinski definition) is 3. The van der Waals surface area contributed by atoms with Gasteiger partial charge in [0.15, 0.2) is 0 Å². The fourth-order valence-electron chi connectivity index (χ4n) is 3.37. The van der Waals surface area contributed by atoms with Crippen LogP contribution in [0.25, 0.3) is 0 Å². The van der Waals surface area contributed by atoms with Crippen LogP contribution in [0, 0.1) is 17.7 Å². The Hall–Kier alpha value is -1.95. The van der Waals surface area contributed by atoms with E-state index in [1.807, 2.05) is 0 Å². The minimum absolute atomic E-state index is 0.00241. The predicted molar refractivity (Wildman–Crippen MR) is 97.9 cm³/mol. The minimum atomic E-state index is -0.397. The van der Waals surface area contributed by atoms with Gasteiger partial charge in [-0.3, -0.25) is 9.59 Å². The molecule has 0 saturated carbocycles. The molecule has 1 aromatic rings. The van der Waals surface area contributed by atoms with Gasteiger partial charge in [0.05, 0.1) is 18.6 Å². The lowest BCUT2D eigenvalue weighted by Gasteiger charge is -2.40. The molecule has 0 radical (unpaired) electrons. The van der Waals surface area contributed by atoms with E-state index in [2.05, 4.69) is 19.2 Å². The summed E-state index contributed by atoms with van der Waals surface area (Å²) in [5.74, 6) is -0.216. The topological polar surface area (TPSA) is 58.6 Å². The Morgan fingerprint density at radius 2 is 2.04 bits per heavy atom. The van der Waals surface area contributed by atoms with E-state index in [1.165, 1.54) is 12.1 Å². The Bertz CT molecular complexity index is 604. The maximum absolute atomic E-state index is 13.3. The number of benzene rings is 1. The number of methoxy groups -OCH3 is 1. The Labute approximate surface area is 154 Å². The fourth-order valence-corrected chi connectivity index (χ4v) is 3.37. The van der Waals surface area contributed by atoms with Crippen molar-refractivity contribution in [1.29, 1.82) is 0 Å². The van der Waals surface area contributed by atoms with E-state index in [9.17, 15) is 14.0 Å². The number of carbonyl (C=O) groups is 2. The lowest BCUT2D eigenvalue weighted by atomic mass is 9.83. The highest BCUT2D eigenvalue weighted by atomic mass is 19.1. The largest absolute Gasteiger partial charge is 0.383 e. The molecule has 0 aromatic heterocycles. The fraction of sp³-hybridized carbons (Fsp3) is 0.600. The summed E-state index contributed by atoms with van der Waals surface area (Å²) >= 11 is 0. The Morgan fingerprint density at radius 3 is 2.65 bits per heavy atom. The molecule has 1 aliphatic heterocycles. The lowest BCUT2D eigenvalue weighted by Crippen LogP contribution is -2.49. The molecule has 1 saturated heterocycles. The molecule has 1 aliphatic rings. The highest BCUT2D eigenvalue weighted by molar-refractivity contribution is 5.85. The smallest absolute Gasteiger partial charge is 0.225 e. The van der Waals surface area contributed by atoms with E-state index in [1.54, 1.807) is 24.1 Å². The summed E-state index contributed by atoms with van der Waals surface area (Å²) in [4.78, 5) is 27.0. The standard InChI is InChI=1S/C20H29FN2O3/c1-14(2)10-11-22-20(25)17-8-9-18(24)23(12-13-26-3)19(17)15-4-6-16(21)7-5-15/h4-7,14,17,19H,8-13H2,1-3H3,(H,22,25). The summed E-state index contributed by atoms with van der Waals surface area (Å²) in [5.41, 5.74) is 0.777. The van der Waals surface area contributed by atoms with Gasteiger partial charge in [0.1, 0.15) is 5.82 Å². The van der Waals surface area contributed by atoms with Gasteiger partial charge in [0, 0.05) is 26.6 Å². The number of rotatable bonds is 8. The molecule has 2 amide bonds. The van der Waals surface area contributed by atoms with Crippen LogP contribution in [0.4, 0.5) is 4.39 Å². The normalized spacial score (nSPS) is 20.5. The van der Waals surface area contributed by atoms with E-state index in [-0.39, 0.29) is 23.5 Å². The first-order chi connectivity index (χ1) is 12.4. The maximum atomic E-state index is 13.3. The Morgan fingerprint density at radius 1 is 1.35 bits per heavy atom. The molecule has 26 heavy (non-hydrogen) atoms. The number of hydrogen-bond donors (Lipinski definition) is 1. The Kier molecular flexibility index (Phi) is 7.57. The molecule has 0 bridgehead atoms. The molecule has 2 unspecified atom stereocenters. The van der Waals surface area contributed by atoms with Crippen LogP contribution < -0.4 is 5.32 Å². The van der Waals surface area contributed by atoms with E-state index >= 15 is 0 Å². The van der Waals surface area contributed by atoms with Gasteiger partial charge < -0.3 is 15.0 Å². The SMILES string of the molecule is COCCN1C(=O)CCC(C(=O)NCCC(C)C)C1c1ccc(F)cc1. The quantitative estimate of drug-likeness (QED) is 0.772. The average Bonchev–Trinajstić information content (AvgIpc) is 2.60. The van der Waals surface area contributed by atoms with Gasteiger partial charge in [0.2, 0.25) is 11.8 Å². The summed E-state index contributed by atoms with van der Waals surface area (Å²) in [6.07, 6.45) is 1.74. The highest BCUT2D eigenvalue weighted by Crippen LogP contribution is 2.36. The molecule has 1 fully saturated rings. The second-order valence-electron chi connectivity index (χ2n) is 7.20. The molecular formula is C20H29FN2O3. The first kappa shape index (κ1) is 20.4. The van der Waals surface area contributed by atoms with Crippen molar-refractivity contribution >= 4 is 11.8 Å². The number of nitrogens with zero attached hydrogens (tertiary/aromatic N) is 1. The van der Waals surface area contributed by atoms with E-state index in [4.69, 9.17) is 4.74 Å². The number of amides is 2. The van der Waals surface area contributed by atoms with Crippen LogP contribution in [0.15, 0.2) is 24.3 Å². The van der Waals surface area contributed by atoms with Crippen LogP contribution in [0.1, 0.15) is 44.7 Å². The molecule has 5 nitrogen and oxygen atoms in total.